The number of nitrogens with one attached hydrogen (secondary N) is 2. The summed E-state index contributed by atoms with van der Waals surface area (Å²) < 4.78 is 10.7. The fourth-order valence-corrected chi connectivity index (χ4v) is 2.09. The number of ether oxygens (including phenoxy) is 2. The molecule has 5 heteroatoms. The monoisotopic (exact) mass is 260 g/mol. The Hall–Kier alpha value is -0.390. The van der Waals surface area contributed by atoms with E-state index in [-0.39, 0.29) is 0 Å². The normalized spacial score (nSPS) is 24.4. The number of rotatable bonds is 6. The first kappa shape index (κ1) is 14.7. The zero-order chi connectivity index (χ0) is 12.5. The third-order valence-corrected chi connectivity index (χ3v) is 3.17. The van der Waals surface area contributed by atoms with E-state index in [0.29, 0.717) is 12.0 Å². The van der Waals surface area contributed by atoms with Gasteiger partial charge in [-0.3, -0.25) is 0 Å². The summed E-state index contributed by atoms with van der Waals surface area (Å²) in [6.07, 6.45) is 2.01. The van der Waals surface area contributed by atoms with Crippen LogP contribution in [0.1, 0.15) is 26.7 Å². The SMILES string of the molecule is CCOCCCNC(=S)NC1CCOCC1C. The zero-order valence-electron chi connectivity index (χ0n) is 10.8. The maximum Gasteiger partial charge on any atom is 0.166 e. The molecule has 0 aromatic heterocycles. The van der Waals surface area contributed by atoms with Gasteiger partial charge >= 0.3 is 0 Å². The van der Waals surface area contributed by atoms with Gasteiger partial charge in [0, 0.05) is 32.4 Å². The van der Waals surface area contributed by atoms with Gasteiger partial charge in [0.25, 0.3) is 0 Å². The minimum absolute atomic E-state index is 0.440. The van der Waals surface area contributed by atoms with E-state index in [2.05, 4.69) is 17.6 Å². The van der Waals surface area contributed by atoms with Crippen molar-refractivity contribution in [3.63, 3.8) is 0 Å². The van der Waals surface area contributed by atoms with Gasteiger partial charge in [0.1, 0.15) is 0 Å². The van der Waals surface area contributed by atoms with Crippen molar-refractivity contribution in [3.8, 4) is 0 Å². The highest BCUT2D eigenvalue weighted by molar-refractivity contribution is 7.80. The number of hydrogen-bond donors (Lipinski definition) is 2. The lowest BCUT2D eigenvalue weighted by Gasteiger charge is -2.30. The molecule has 1 rings (SSSR count). The summed E-state index contributed by atoms with van der Waals surface area (Å²) in [6, 6.07) is 0.440. The second-order valence-electron chi connectivity index (χ2n) is 4.40. The van der Waals surface area contributed by atoms with Crippen molar-refractivity contribution in [1.29, 1.82) is 0 Å². The van der Waals surface area contributed by atoms with Crippen LogP contribution in [0.5, 0.6) is 0 Å². The minimum atomic E-state index is 0.440. The van der Waals surface area contributed by atoms with E-state index in [1.807, 2.05) is 6.92 Å². The number of hydrogen-bond acceptors (Lipinski definition) is 3. The Morgan fingerprint density at radius 3 is 3.06 bits per heavy atom. The first-order chi connectivity index (χ1) is 8.24. The number of thiocarbonyl (C=S) groups is 1. The van der Waals surface area contributed by atoms with Gasteiger partial charge in [-0.05, 0) is 37.9 Å². The van der Waals surface area contributed by atoms with E-state index in [0.717, 1.165) is 50.9 Å². The summed E-state index contributed by atoms with van der Waals surface area (Å²) in [4.78, 5) is 0. The van der Waals surface area contributed by atoms with Gasteiger partial charge in [0.15, 0.2) is 5.11 Å². The molecule has 100 valence electrons. The van der Waals surface area contributed by atoms with Crippen molar-refractivity contribution < 1.29 is 9.47 Å². The van der Waals surface area contributed by atoms with E-state index in [9.17, 15) is 0 Å². The van der Waals surface area contributed by atoms with Gasteiger partial charge in [0.05, 0.1) is 6.61 Å². The Labute approximate surface area is 109 Å². The Morgan fingerprint density at radius 1 is 1.53 bits per heavy atom. The van der Waals surface area contributed by atoms with Crippen LogP contribution < -0.4 is 10.6 Å². The summed E-state index contributed by atoms with van der Waals surface area (Å²) in [6.45, 7) is 8.28. The van der Waals surface area contributed by atoms with Crippen LogP contribution in [0.3, 0.4) is 0 Å². The van der Waals surface area contributed by atoms with Gasteiger partial charge in [-0.25, -0.2) is 0 Å². The molecule has 2 atom stereocenters. The van der Waals surface area contributed by atoms with Crippen LogP contribution >= 0.6 is 12.2 Å². The van der Waals surface area contributed by atoms with Crippen LogP contribution in [-0.2, 0) is 9.47 Å². The van der Waals surface area contributed by atoms with E-state index in [4.69, 9.17) is 21.7 Å². The fourth-order valence-electron chi connectivity index (χ4n) is 1.83. The van der Waals surface area contributed by atoms with Crippen molar-refractivity contribution >= 4 is 17.3 Å². The third-order valence-electron chi connectivity index (χ3n) is 2.91. The molecule has 0 amide bonds. The molecule has 1 aliphatic heterocycles. The second kappa shape index (κ2) is 8.66. The Bertz CT molecular complexity index is 227. The molecule has 1 saturated heterocycles. The van der Waals surface area contributed by atoms with Crippen molar-refractivity contribution in [3.05, 3.63) is 0 Å². The molecular formula is C12H24N2O2S. The lowest BCUT2D eigenvalue weighted by molar-refractivity contribution is 0.0440. The van der Waals surface area contributed by atoms with E-state index < -0.39 is 0 Å². The van der Waals surface area contributed by atoms with Gasteiger partial charge in [-0.1, -0.05) is 6.92 Å². The quantitative estimate of drug-likeness (QED) is 0.557. The maximum absolute atomic E-state index is 5.40. The summed E-state index contributed by atoms with van der Waals surface area (Å²) in [5.41, 5.74) is 0. The molecule has 1 fully saturated rings. The van der Waals surface area contributed by atoms with Crippen molar-refractivity contribution in [2.45, 2.75) is 32.7 Å². The molecular weight excluding hydrogens is 236 g/mol. The van der Waals surface area contributed by atoms with Crippen molar-refractivity contribution in [2.24, 2.45) is 5.92 Å². The van der Waals surface area contributed by atoms with E-state index in [1.165, 1.54) is 0 Å². The lowest BCUT2D eigenvalue weighted by Crippen LogP contribution is -2.48. The summed E-state index contributed by atoms with van der Waals surface area (Å²) >= 11 is 5.26. The summed E-state index contributed by atoms with van der Waals surface area (Å²) in [7, 11) is 0. The second-order valence-corrected chi connectivity index (χ2v) is 4.81. The molecule has 1 heterocycles. The standard InChI is InChI=1S/C12H24N2O2S/c1-3-15-7-4-6-13-12(17)14-11-5-8-16-9-10(11)2/h10-11H,3-9H2,1-2H3,(H2,13,14,17). The molecule has 0 bridgehead atoms. The lowest BCUT2D eigenvalue weighted by atomic mass is 9.98. The average molecular weight is 260 g/mol. The van der Waals surface area contributed by atoms with Gasteiger partial charge in [-0.15, -0.1) is 0 Å². The first-order valence-corrected chi connectivity index (χ1v) is 6.84. The Kier molecular flexibility index (Phi) is 7.48. The molecule has 17 heavy (non-hydrogen) atoms. The van der Waals surface area contributed by atoms with Crippen LogP contribution in [0.2, 0.25) is 0 Å². The Morgan fingerprint density at radius 2 is 2.35 bits per heavy atom. The topological polar surface area (TPSA) is 42.5 Å². The highest BCUT2D eigenvalue weighted by atomic mass is 32.1. The van der Waals surface area contributed by atoms with Crippen LogP contribution in [0.4, 0.5) is 0 Å². The van der Waals surface area contributed by atoms with Crippen LogP contribution in [0.25, 0.3) is 0 Å². The molecule has 2 unspecified atom stereocenters. The van der Waals surface area contributed by atoms with E-state index >= 15 is 0 Å². The van der Waals surface area contributed by atoms with Gasteiger partial charge in [0.2, 0.25) is 0 Å². The fraction of sp³-hybridized carbons (Fsp3) is 0.917. The molecule has 0 saturated carbocycles. The zero-order valence-corrected chi connectivity index (χ0v) is 11.6. The van der Waals surface area contributed by atoms with Crippen LogP contribution in [0, 0.1) is 5.92 Å². The van der Waals surface area contributed by atoms with Crippen molar-refractivity contribution in [2.75, 3.05) is 33.0 Å². The molecule has 2 N–H and O–H groups in total. The minimum Gasteiger partial charge on any atom is -0.382 e. The van der Waals surface area contributed by atoms with Crippen molar-refractivity contribution in [1.82, 2.24) is 10.6 Å². The van der Waals surface area contributed by atoms with E-state index in [1.54, 1.807) is 0 Å². The largest absolute Gasteiger partial charge is 0.382 e. The molecule has 0 radical (unpaired) electrons. The van der Waals surface area contributed by atoms with Crippen LogP contribution in [0.15, 0.2) is 0 Å². The highest BCUT2D eigenvalue weighted by Crippen LogP contribution is 2.13. The molecule has 0 spiro atoms. The average Bonchev–Trinajstić information content (AvgIpc) is 2.32. The molecule has 0 aromatic carbocycles. The Balaban J connectivity index is 2.07. The van der Waals surface area contributed by atoms with Gasteiger partial charge in [-0.2, -0.15) is 0 Å². The predicted octanol–water partition coefficient (Wildman–Crippen LogP) is 1.30. The highest BCUT2D eigenvalue weighted by Gasteiger charge is 2.21. The molecule has 0 aliphatic carbocycles. The first-order valence-electron chi connectivity index (χ1n) is 6.44. The summed E-state index contributed by atoms with van der Waals surface area (Å²) in [5, 5.41) is 7.32. The summed E-state index contributed by atoms with van der Waals surface area (Å²) in [5.74, 6) is 0.520. The predicted molar refractivity (Wildman–Crippen MR) is 73.2 cm³/mol. The maximum atomic E-state index is 5.40. The molecule has 4 nitrogen and oxygen atoms in total. The van der Waals surface area contributed by atoms with Gasteiger partial charge < -0.3 is 20.1 Å². The smallest absolute Gasteiger partial charge is 0.166 e. The molecule has 1 aliphatic rings. The van der Waals surface area contributed by atoms with Crippen LogP contribution in [-0.4, -0.2) is 44.1 Å². The third kappa shape index (κ3) is 6.19. The molecule has 0 aromatic rings.